The fourth-order valence-corrected chi connectivity index (χ4v) is 5.50. The number of esters is 1. The second-order valence-corrected chi connectivity index (χ2v) is 9.15. The van der Waals surface area contributed by atoms with Gasteiger partial charge < -0.3 is 9.47 Å². The molecule has 0 unspecified atom stereocenters. The first-order chi connectivity index (χ1) is 17.7. The summed E-state index contributed by atoms with van der Waals surface area (Å²) in [6, 6.07) is 32.3. The number of benzene rings is 3. The summed E-state index contributed by atoms with van der Waals surface area (Å²) in [6.07, 6.45) is 7.75. The van der Waals surface area contributed by atoms with Gasteiger partial charge in [-0.3, -0.25) is 0 Å². The Morgan fingerprint density at radius 1 is 0.757 bits per heavy atom. The van der Waals surface area contributed by atoms with Gasteiger partial charge in [-0.2, -0.15) is 0 Å². The zero-order chi connectivity index (χ0) is 26.6. The van der Waals surface area contributed by atoms with Gasteiger partial charge >= 0.3 is 28.6 Å². The van der Waals surface area contributed by atoms with Crippen molar-refractivity contribution in [2.75, 3.05) is 14.2 Å². The van der Waals surface area contributed by atoms with Gasteiger partial charge in [-0.1, -0.05) is 97.1 Å². The molecule has 7 heteroatoms. The van der Waals surface area contributed by atoms with E-state index in [2.05, 4.69) is 109 Å². The van der Waals surface area contributed by atoms with Crippen LogP contribution in [0.15, 0.2) is 127 Å². The van der Waals surface area contributed by atoms with Crippen LogP contribution in [0.3, 0.4) is 0 Å². The Balaban J connectivity index is 0.000000636. The second kappa shape index (κ2) is 20.7. The number of methoxy groups -OCH3 is 2. The van der Waals surface area contributed by atoms with Crippen molar-refractivity contribution in [2.45, 2.75) is 6.42 Å². The van der Waals surface area contributed by atoms with Gasteiger partial charge in [0, 0.05) is 23.1 Å². The molecule has 0 amide bonds. The van der Waals surface area contributed by atoms with E-state index >= 15 is 0 Å². The average molecular weight is 554 g/mol. The minimum atomic E-state index is -0.446. The SMILES string of the molecule is COC(=O)/C=C1/C=CC(OC)=CC1.[C-]#[O+].[C-]#[O+].[Fe].c1ccc(P(c2ccccc2)c2ccccc2)cc1. The molecule has 5 nitrogen and oxygen atoms in total. The van der Waals surface area contributed by atoms with Crippen LogP contribution in [0, 0.1) is 13.3 Å². The van der Waals surface area contributed by atoms with E-state index in [4.69, 9.17) is 14.0 Å². The zero-order valence-corrected chi connectivity index (χ0v) is 22.5. The third kappa shape index (κ3) is 11.9. The van der Waals surface area contributed by atoms with Gasteiger partial charge in [-0.15, -0.1) is 0 Å². The van der Waals surface area contributed by atoms with Crippen molar-refractivity contribution in [3.05, 3.63) is 140 Å². The average Bonchev–Trinajstić information content (AvgIpc) is 2.98. The first-order valence-corrected chi connectivity index (χ1v) is 12.1. The van der Waals surface area contributed by atoms with Crippen molar-refractivity contribution in [2.24, 2.45) is 0 Å². The number of ether oxygens (including phenoxy) is 2. The maximum Gasteiger partial charge on any atom is 0 e. The first-order valence-electron chi connectivity index (χ1n) is 10.8. The van der Waals surface area contributed by atoms with Crippen LogP contribution >= 0.6 is 7.92 Å². The van der Waals surface area contributed by atoms with E-state index in [1.165, 1.54) is 29.1 Å². The van der Waals surface area contributed by atoms with E-state index in [0.717, 1.165) is 11.3 Å². The molecule has 0 fully saturated rings. The number of hydrogen-bond donors (Lipinski definition) is 0. The Morgan fingerprint density at radius 3 is 1.46 bits per heavy atom. The standard InChI is InChI=1S/C18H15P.C10H12O3.2CO.Fe/c1-4-10-16(11-5-1)19(17-12-6-2-7-13-17)18-14-8-3-9-15-18;1-12-9-5-3-8(4-6-9)7-10(11)13-2;2*1-2;/h1-15H;3,5-7H,4H2,1-2H3;;;/b;8-7-;;;. The Bertz CT molecular complexity index is 1070. The third-order valence-corrected chi connectivity index (χ3v) is 7.23. The quantitative estimate of drug-likeness (QED) is 0.112. The van der Waals surface area contributed by atoms with Crippen molar-refractivity contribution >= 4 is 29.8 Å². The molecular formula is C30H27FeO5P. The molecule has 0 radical (unpaired) electrons. The largest absolute Gasteiger partial charge is 0.0622 e. The number of rotatable bonds is 5. The van der Waals surface area contributed by atoms with Crippen molar-refractivity contribution in [3.63, 3.8) is 0 Å². The van der Waals surface area contributed by atoms with Gasteiger partial charge in [0.2, 0.25) is 0 Å². The molecule has 0 heterocycles. The fraction of sp³-hybridized carbons (Fsp3) is 0.100. The minimum absolute atomic E-state index is 0. The molecule has 4 rings (SSSR count). The van der Waals surface area contributed by atoms with Gasteiger partial charge in [0.05, 0.1) is 14.2 Å². The maximum atomic E-state index is 10.8. The van der Waals surface area contributed by atoms with Crippen LogP contribution in [0.25, 0.3) is 0 Å². The van der Waals surface area contributed by atoms with Crippen LogP contribution < -0.4 is 15.9 Å². The Morgan fingerprint density at radius 2 is 1.16 bits per heavy atom. The van der Waals surface area contributed by atoms with Gasteiger partial charge in [-0.25, -0.2) is 4.79 Å². The molecule has 1 aliphatic rings. The van der Waals surface area contributed by atoms with Crippen molar-refractivity contribution in [1.82, 2.24) is 0 Å². The molecule has 0 bridgehead atoms. The van der Waals surface area contributed by atoms with E-state index in [1.54, 1.807) is 7.11 Å². The van der Waals surface area contributed by atoms with Crippen LogP contribution in [0.5, 0.6) is 0 Å². The van der Waals surface area contributed by atoms with Crippen LogP contribution in [0.2, 0.25) is 0 Å². The molecule has 190 valence electrons. The van der Waals surface area contributed by atoms with Gasteiger partial charge in [-0.05, 0) is 48.0 Å². The van der Waals surface area contributed by atoms with Crippen LogP contribution in [-0.4, -0.2) is 20.2 Å². The summed E-state index contributed by atoms with van der Waals surface area (Å²) < 4.78 is 24.5. The molecule has 1 aliphatic carbocycles. The van der Waals surface area contributed by atoms with Crippen molar-refractivity contribution in [3.8, 4) is 0 Å². The summed E-state index contributed by atoms with van der Waals surface area (Å²) >= 11 is 0. The Hall–Kier alpha value is -3.42. The topological polar surface area (TPSA) is 75.3 Å². The van der Waals surface area contributed by atoms with E-state index in [9.17, 15) is 4.79 Å². The molecule has 37 heavy (non-hydrogen) atoms. The Labute approximate surface area is 230 Å². The molecule has 0 saturated carbocycles. The summed E-state index contributed by atoms with van der Waals surface area (Å²) in [5, 5.41) is 4.19. The van der Waals surface area contributed by atoms with Crippen molar-refractivity contribution < 1.29 is 40.6 Å². The van der Waals surface area contributed by atoms with Crippen molar-refractivity contribution in [1.29, 1.82) is 0 Å². The summed E-state index contributed by atoms with van der Waals surface area (Å²) in [7, 11) is 2.53. The molecule has 3 aromatic carbocycles. The fourth-order valence-electron chi connectivity index (χ4n) is 3.19. The minimum Gasteiger partial charge on any atom is -0.0622 e. The third-order valence-electron chi connectivity index (χ3n) is 4.78. The molecule has 0 spiro atoms. The van der Waals surface area contributed by atoms with E-state index in [1.807, 2.05) is 18.2 Å². The molecule has 0 aliphatic heterocycles. The first kappa shape index (κ1) is 33.6. The van der Waals surface area contributed by atoms with E-state index < -0.39 is 7.92 Å². The number of allylic oxidation sites excluding steroid dienone is 4. The maximum absolute atomic E-state index is 10.8. The molecule has 0 saturated heterocycles. The van der Waals surface area contributed by atoms with Crippen LogP contribution in [0.1, 0.15) is 6.42 Å². The van der Waals surface area contributed by atoms with Gasteiger partial charge in [0.1, 0.15) is 5.76 Å². The number of carbonyl (C=O) groups is 1. The molecule has 0 atom stereocenters. The summed E-state index contributed by atoms with van der Waals surface area (Å²) in [5.74, 6) is 0.496. The van der Waals surface area contributed by atoms with Gasteiger partial charge in [0.15, 0.2) is 0 Å². The van der Waals surface area contributed by atoms with Gasteiger partial charge in [0.25, 0.3) is 0 Å². The predicted octanol–water partition coefficient (Wildman–Crippen LogP) is 4.94. The molecule has 0 N–H and O–H groups in total. The monoisotopic (exact) mass is 554 g/mol. The summed E-state index contributed by atoms with van der Waals surface area (Å²) in [4.78, 5) is 10.8. The Kier molecular flexibility index (Phi) is 18.8. The van der Waals surface area contributed by atoms with E-state index in [0.29, 0.717) is 6.42 Å². The summed E-state index contributed by atoms with van der Waals surface area (Å²) in [5.41, 5.74) is 0.924. The smallest absolute Gasteiger partial charge is 0 e. The molecular weight excluding hydrogens is 527 g/mol. The predicted molar refractivity (Wildman–Crippen MR) is 142 cm³/mol. The second-order valence-electron chi connectivity index (χ2n) is 6.93. The normalized spacial score (nSPS) is 12.0. The molecule has 0 aromatic heterocycles. The molecule has 3 aromatic rings. The van der Waals surface area contributed by atoms with Crippen LogP contribution in [-0.2, 0) is 40.6 Å². The van der Waals surface area contributed by atoms with E-state index in [-0.39, 0.29) is 23.0 Å². The number of carbonyl (C=O) groups excluding carboxylic acids is 1. The number of hydrogen-bond acceptors (Lipinski definition) is 3. The van der Waals surface area contributed by atoms with Crippen LogP contribution in [0.4, 0.5) is 0 Å². The zero-order valence-electron chi connectivity index (χ0n) is 20.5. The summed E-state index contributed by atoms with van der Waals surface area (Å²) in [6.45, 7) is 9.00.